The van der Waals surface area contributed by atoms with Gasteiger partial charge in [-0.1, -0.05) is 0 Å². The molecule has 108 valence electrons. The lowest BCUT2D eigenvalue weighted by Crippen LogP contribution is -2.49. The maximum atomic E-state index is 12.1. The third-order valence-corrected chi connectivity index (χ3v) is 3.20. The molecule has 8 heteroatoms. The van der Waals surface area contributed by atoms with Crippen molar-refractivity contribution in [3.8, 4) is 0 Å². The largest absolute Gasteiger partial charge is 0.481 e. The zero-order valence-electron chi connectivity index (χ0n) is 10.9. The van der Waals surface area contributed by atoms with Crippen molar-refractivity contribution in [3.63, 3.8) is 0 Å². The van der Waals surface area contributed by atoms with Gasteiger partial charge in [-0.2, -0.15) is 5.10 Å². The molecular weight excluding hydrogens is 264 g/mol. The third kappa shape index (κ3) is 3.64. The monoisotopic (exact) mass is 280 g/mol. The summed E-state index contributed by atoms with van der Waals surface area (Å²) in [5, 5.41) is 14.6. The summed E-state index contributed by atoms with van der Waals surface area (Å²) in [6.45, 7) is 2.83. The van der Waals surface area contributed by atoms with Crippen LogP contribution in [0.5, 0.6) is 0 Å². The van der Waals surface area contributed by atoms with E-state index in [0.29, 0.717) is 32.7 Å². The second-order valence-corrected chi connectivity index (χ2v) is 4.58. The first-order valence-electron chi connectivity index (χ1n) is 6.35. The van der Waals surface area contributed by atoms with Crippen LogP contribution in [0.4, 0.5) is 0 Å². The fraction of sp³-hybridized carbons (Fsp3) is 0.500. The highest BCUT2D eigenvalue weighted by Crippen LogP contribution is 2.06. The van der Waals surface area contributed by atoms with Gasteiger partial charge in [0.25, 0.3) is 11.5 Å². The molecule has 0 bridgehead atoms. The van der Waals surface area contributed by atoms with E-state index in [9.17, 15) is 14.4 Å². The van der Waals surface area contributed by atoms with Gasteiger partial charge in [-0.15, -0.1) is 0 Å². The second kappa shape index (κ2) is 6.29. The number of piperazine rings is 1. The molecule has 8 nitrogen and oxygen atoms in total. The molecule has 1 aliphatic rings. The van der Waals surface area contributed by atoms with Gasteiger partial charge in [-0.3, -0.25) is 19.3 Å². The Morgan fingerprint density at radius 1 is 1.25 bits per heavy atom. The number of hydrogen-bond donors (Lipinski definition) is 2. The van der Waals surface area contributed by atoms with Crippen LogP contribution in [-0.2, 0) is 4.79 Å². The van der Waals surface area contributed by atoms with Crippen LogP contribution in [0, 0.1) is 0 Å². The Bertz CT molecular complexity index is 528. The van der Waals surface area contributed by atoms with Crippen LogP contribution in [0.2, 0.25) is 0 Å². The number of hydrogen-bond acceptors (Lipinski definition) is 5. The molecule has 1 aliphatic heterocycles. The van der Waals surface area contributed by atoms with E-state index in [2.05, 4.69) is 10.2 Å². The van der Waals surface area contributed by atoms with E-state index in [1.54, 1.807) is 4.90 Å². The fourth-order valence-electron chi connectivity index (χ4n) is 2.05. The van der Waals surface area contributed by atoms with Gasteiger partial charge in [0, 0.05) is 38.8 Å². The van der Waals surface area contributed by atoms with Gasteiger partial charge in [0.1, 0.15) is 5.69 Å². The Kier molecular flexibility index (Phi) is 4.46. The number of carboxylic acid groups (broad SMARTS) is 1. The number of carbonyl (C=O) groups is 2. The number of aliphatic carboxylic acids is 1. The van der Waals surface area contributed by atoms with E-state index in [0.717, 1.165) is 0 Å². The van der Waals surface area contributed by atoms with Gasteiger partial charge < -0.3 is 10.0 Å². The Balaban J connectivity index is 1.87. The average molecular weight is 280 g/mol. The van der Waals surface area contributed by atoms with E-state index in [4.69, 9.17) is 5.11 Å². The van der Waals surface area contributed by atoms with E-state index < -0.39 is 5.97 Å². The van der Waals surface area contributed by atoms with Crippen molar-refractivity contribution in [2.24, 2.45) is 0 Å². The molecule has 1 amide bonds. The Hall–Kier alpha value is -2.22. The summed E-state index contributed by atoms with van der Waals surface area (Å²) in [6.07, 6.45) is 0.107. The van der Waals surface area contributed by atoms with E-state index in [1.165, 1.54) is 12.1 Å². The number of carboxylic acids is 1. The molecule has 2 N–H and O–H groups in total. The molecule has 2 rings (SSSR count). The van der Waals surface area contributed by atoms with E-state index in [-0.39, 0.29) is 23.6 Å². The second-order valence-electron chi connectivity index (χ2n) is 4.58. The maximum absolute atomic E-state index is 12.1. The van der Waals surface area contributed by atoms with E-state index in [1.807, 2.05) is 4.90 Å². The van der Waals surface area contributed by atoms with Crippen molar-refractivity contribution in [2.45, 2.75) is 6.42 Å². The Labute approximate surface area is 115 Å². The fourth-order valence-corrected chi connectivity index (χ4v) is 2.05. The lowest BCUT2D eigenvalue weighted by atomic mass is 10.2. The predicted molar refractivity (Wildman–Crippen MR) is 69.5 cm³/mol. The number of nitrogens with one attached hydrogen (secondary N) is 1. The zero-order chi connectivity index (χ0) is 14.5. The molecule has 0 spiro atoms. The topological polar surface area (TPSA) is 107 Å². The number of rotatable bonds is 4. The lowest BCUT2D eigenvalue weighted by molar-refractivity contribution is -0.137. The third-order valence-electron chi connectivity index (χ3n) is 3.20. The highest BCUT2D eigenvalue weighted by Gasteiger charge is 2.23. The molecule has 1 fully saturated rings. The minimum absolute atomic E-state index is 0.107. The first-order chi connectivity index (χ1) is 9.56. The Morgan fingerprint density at radius 3 is 2.50 bits per heavy atom. The maximum Gasteiger partial charge on any atom is 0.304 e. The Morgan fingerprint density at radius 2 is 1.95 bits per heavy atom. The summed E-state index contributed by atoms with van der Waals surface area (Å²) in [5.41, 5.74) is -0.136. The highest BCUT2D eigenvalue weighted by molar-refractivity contribution is 5.92. The molecule has 1 aromatic rings. The van der Waals surface area contributed by atoms with Crippen LogP contribution in [0.1, 0.15) is 16.9 Å². The molecule has 0 radical (unpaired) electrons. The molecule has 1 aromatic heterocycles. The number of H-pyrrole nitrogens is 1. The highest BCUT2D eigenvalue weighted by atomic mass is 16.4. The van der Waals surface area contributed by atoms with Crippen molar-refractivity contribution in [3.05, 3.63) is 28.2 Å². The van der Waals surface area contributed by atoms with Gasteiger partial charge >= 0.3 is 5.97 Å². The van der Waals surface area contributed by atoms with Crippen molar-refractivity contribution in [2.75, 3.05) is 32.7 Å². The molecule has 0 atom stereocenters. The summed E-state index contributed by atoms with van der Waals surface area (Å²) in [4.78, 5) is 37.2. The minimum Gasteiger partial charge on any atom is -0.481 e. The minimum atomic E-state index is -0.819. The SMILES string of the molecule is O=C(O)CCN1CCN(C(=O)c2ccc(=O)[nH]n2)CC1. The molecule has 0 unspecified atom stereocenters. The molecule has 2 heterocycles. The zero-order valence-corrected chi connectivity index (χ0v) is 10.9. The molecular formula is C12H16N4O4. The first-order valence-corrected chi connectivity index (χ1v) is 6.35. The van der Waals surface area contributed by atoms with Crippen LogP contribution in [-0.4, -0.2) is 69.7 Å². The smallest absolute Gasteiger partial charge is 0.304 e. The van der Waals surface area contributed by atoms with E-state index >= 15 is 0 Å². The summed E-state index contributed by atoms with van der Waals surface area (Å²) >= 11 is 0. The van der Waals surface area contributed by atoms with Gasteiger partial charge in [0.15, 0.2) is 0 Å². The molecule has 1 saturated heterocycles. The van der Waals surface area contributed by atoms with Crippen LogP contribution in [0.15, 0.2) is 16.9 Å². The normalized spacial score (nSPS) is 16.1. The number of nitrogens with zero attached hydrogens (tertiary/aromatic N) is 3. The van der Waals surface area contributed by atoms with Crippen LogP contribution < -0.4 is 5.56 Å². The number of amides is 1. The lowest BCUT2D eigenvalue weighted by Gasteiger charge is -2.34. The predicted octanol–water partition coefficient (Wildman–Crippen LogP) is -0.998. The number of carbonyl (C=O) groups excluding carboxylic acids is 1. The van der Waals surface area contributed by atoms with Crippen LogP contribution in [0.3, 0.4) is 0 Å². The summed E-state index contributed by atoms with van der Waals surface area (Å²) in [7, 11) is 0. The summed E-state index contributed by atoms with van der Waals surface area (Å²) in [6, 6.07) is 2.67. The van der Waals surface area contributed by atoms with Crippen molar-refractivity contribution in [1.82, 2.24) is 20.0 Å². The molecule has 20 heavy (non-hydrogen) atoms. The molecule has 0 aromatic carbocycles. The number of aromatic nitrogens is 2. The van der Waals surface area contributed by atoms with Crippen molar-refractivity contribution < 1.29 is 14.7 Å². The van der Waals surface area contributed by atoms with Gasteiger partial charge in [0.2, 0.25) is 0 Å². The van der Waals surface area contributed by atoms with Gasteiger partial charge in [0.05, 0.1) is 6.42 Å². The summed E-state index contributed by atoms with van der Waals surface area (Å²) < 4.78 is 0. The quantitative estimate of drug-likeness (QED) is 0.733. The van der Waals surface area contributed by atoms with Crippen molar-refractivity contribution >= 4 is 11.9 Å². The van der Waals surface area contributed by atoms with Gasteiger partial charge in [-0.05, 0) is 6.07 Å². The number of aromatic amines is 1. The molecule has 0 aliphatic carbocycles. The molecule has 0 saturated carbocycles. The summed E-state index contributed by atoms with van der Waals surface area (Å²) in [5.74, 6) is -1.04. The van der Waals surface area contributed by atoms with Crippen LogP contribution >= 0.6 is 0 Å². The first kappa shape index (κ1) is 14.2. The van der Waals surface area contributed by atoms with Crippen molar-refractivity contribution in [1.29, 1.82) is 0 Å². The van der Waals surface area contributed by atoms with Crippen LogP contribution in [0.25, 0.3) is 0 Å². The average Bonchev–Trinajstić information content (AvgIpc) is 2.46. The standard InChI is InChI=1S/C12H16N4O4/c17-10-2-1-9(13-14-10)12(20)16-7-5-15(6-8-16)4-3-11(18)19/h1-2H,3-8H2,(H,14,17)(H,18,19). The van der Waals surface area contributed by atoms with Gasteiger partial charge in [-0.25, -0.2) is 5.10 Å².